The van der Waals surface area contributed by atoms with Crippen LogP contribution in [-0.2, 0) is 0 Å². The Kier molecular flexibility index (Phi) is 4.63. The van der Waals surface area contributed by atoms with Gasteiger partial charge in [-0.1, -0.05) is 0 Å². The van der Waals surface area contributed by atoms with E-state index in [9.17, 15) is 13.6 Å². The number of rotatable bonds is 3. The van der Waals surface area contributed by atoms with E-state index in [1.54, 1.807) is 11.8 Å². The molecule has 0 spiro atoms. The highest BCUT2D eigenvalue weighted by Gasteiger charge is 2.33. The summed E-state index contributed by atoms with van der Waals surface area (Å²) in [6.07, 6.45) is 1.94. The van der Waals surface area contributed by atoms with Crippen LogP contribution in [0.2, 0.25) is 0 Å². The van der Waals surface area contributed by atoms with E-state index in [1.807, 2.05) is 0 Å². The molecular formula is C15H20F2N2O2S. The zero-order valence-electron chi connectivity index (χ0n) is 12.5. The molecule has 2 fully saturated rings. The third-order valence-corrected chi connectivity index (χ3v) is 5.56. The van der Waals surface area contributed by atoms with Gasteiger partial charge in [-0.3, -0.25) is 4.79 Å². The summed E-state index contributed by atoms with van der Waals surface area (Å²) in [4.78, 5) is 15.6. The lowest BCUT2D eigenvalue weighted by molar-refractivity contribution is -0.0499. The molecule has 122 valence electrons. The van der Waals surface area contributed by atoms with Crippen molar-refractivity contribution in [3.63, 3.8) is 0 Å². The number of hydrogen-bond donors (Lipinski definition) is 1. The van der Waals surface area contributed by atoms with E-state index in [0.29, 0.717) is 29.8 Å². The normalized spacial score (nSPS) is 25.2. The van der Waals surface area contributed by atoms with E-state index in [4.69, 9.17) is 0 Å². The van der Waals surface area contributed by atoms with Gasteiger partial charge in [0.2, 0.25) is 0 Å². The molecule has 3 heterocycles. The van der Waals surface area contributed by atoms with Gasteiger partial charge in [0.15, 0.2) is 0 Å². The Balaban J connectivity index is 1.73. The molecule has 2 aliphatic heterocycles. The summed E-state index contributed by atoms with van der Waals surface area (Å²) in [5, 5.41) is 3.40. The first-order valence-corrected chi connectivity index (χ1v) is 8.41. The molecule has 3 rings (SSSR count). The molecule has 2 atom stereocenters. The minimum Gasteiger partial charge on any atom is -0.433 e. The lowest BCUT2D eigenvalue weighted by atomic mass is 9.92. The van der Waals surface area contributed by atoms with Crippen molar-refractivity contribution < 1.29 is 18.3 Å². The Morgan fingerprint density at radius 1 is 1.36 bits per heavy atom. The second kappa shape index (κ2) is 6.50. The van der Waals surface area contributed by atoms with Crippen LogP contribution in [0.1, 0.15) is 27.4 Å². The van der Waals surface area contributed by atoms with E-state index in [0.717, 1.165) is 30.8 Å². The smallest absolute Gasteiger partial charge is 0.387 e. The summed E-state index contributed by atoms with van der Waals surface area (Å²) in [6, 6.07) is 1.51. The standard InChI is InChI=1S/C15H20F2N2O2S/c1-9-6-12(21-15(16)17)13(22-9)14(20)19-4-2-10-7-18-8-11(10)3-5-19/h6,10-11,15,18H,2-5,7-8H2,1H3/t10-,11+. The average Bonchev–Trinajstić information content (AvgIpc) is 2.99. The van der Waals surface area contributed by atoms with Crippen molar-refractivity contribution in [3.05, 3.63) is 15.8 Å². The molecule has 2 saturated heterocycles. The van der Waals surface area contributed by atoms with Crippen LogP contribution < -0.4 is 10.1 Å². The van der Waals surface area contributed by atoms with Gasteiger partial charge in [0.05, 0.1) is 0 Å². The highest BCUT2D eigenvalue weighted by Crippen LogP contribution is 2.33. The van der Waals surface area contributed by atoms with E-state index in [1.165, 1.54) is 17.4 Å². The second-order valence-electron chi connectivity index (χ2n) is 5.98. The third-order valence-electron chi connectivity index (χ3n) is 4.54. The Labute approximate surface area is 132 Å². The lowest BCUT2D eigenvalue weighted by Crippen LogP contribution is -2.32. The summed E-state index contributed by atoms with van der Waals surface area (Å²) >= 11 is 1.22. The topological polar surface area (TPSA) is 41.6 Å². The number of fused-ring (bicyclic) bond motifs is 1. The van der Waals surface area contributed by atoms with Crippen molar-refractivity contribution in [3.8, 4) is 5.75 Å². The highest BCUT2D eigenvalue weighted by molar-refractivity contribution is 7.14. The van der Waals surface area contributed by atoms with Crippen molar-refractivity contribution in [2.75, 3.05) is 26.2 Å². The molecule has 0 saturated carbocycles. The Bertz CT molecular complexity index is 536. The fraction of sp³-hybridized carbons (Fsp3) is 0.667. The van der Waals surface area contributed by atoms with Crippen molar-refractivity contribution in [2.45, 2.75) is 26.4 Å². The molecule has 2 aliphatic rings. The number of carbonyl (C=O) groups excluding carboxylic acids is 1. The van der Waals surface area contributed by atoms with E-state index in [2.05, 4.69) is 10.1 Å². The maximum Gasteiger partial charge on any atom is 0.387 e. The summed E-state index contributed by atoms with van der Waals surface area (Å²) in [7, 11) is 0. The first kappa shape index (κ1) is 15.7. The molecule has 0 bridgehead atoms. The fourth-order valence-electron chi connectivity index (χ4n) is 3.39. The van der Waals surface area contributed by atoms with Crippen LogP contribution in [0.25, 0.3) is 0 Å². The van der Waals surface area contributed by atoms with Gasteiger partial charge in [-0.25, -0.2) is 0 Å². The average molecular weight is 330 g/mol. The minimum atomic E-state index is -2.91. The molecule has 1 aromatic rings. The number of halogens is 2. The number of ether oxygens (including phenoxy) is 1. The minimum absolute atomic E-state index is 0.00797. The Hall–Kier alpha value is -1.21. The van der Waals surface area contributed by atoms with Gasteiger partial charge in [-0.05, 0) is 50.8 Å². The summed E-state index contributed by atoms with van der Waals surface area (Å²) in [6.45, 7) is 2.29. The van der Waals surface area contributed by atoms with E-state index in [-0.39, 0.29) is 11.7 Å². The molecular weight excluding hydrogens is 310 g/mol. The molecule has 1 N–H and O–H groups in total. The van der Waals surface area contributed by atoms with E-state index >= 15 is 0 Å². The van der Waals surface area contributed by atoms with Crippen LogP contribution in [0.4, 0.5) is 8.78 Å². The lowest BCUT2D eigenvalue weighted by Gasteiger charge is -2.20. The molecule has 1 aromatic heterocycles. The summed E-state index contributed by atoms with van der Waals surface area (Å²) < 4.78 is 29.5. The number of carbonyl (C=O) groups is 1. The number of nitrogens with one attached hydrogen (secondary N) is 1. The van der Waals surface area contributed by atoms with Crippen molar-refractivity contribution in [1.29, 1.82) is 0 Å². The predicted molar refractivity (Wildman–Crippen MR) is 80.7 cm³/mol. The summed E-state index contributed by atoms with van der Waals surface area (Å²) in [5.41, 5.74) is 0. The molecule has 0 radical (unpaired) electrons. The first-order valence-electron chi connectivity index (χ1n) is 7.60. The van der Waals surface area contributed by atoms with Gasteiger partial charge in [0.1, 0.15) is 10.6 Å². The molecule has 0 aliphatic carbocycles. The van der Waals surface area contributed by atoms with Crippen molar-refractivity contribution >= 4 is 17.2 Å². The van der Waals surface area contributed by atoms with Crippen molar-refractivity contribution in [2.24, 2.45) is 11.8 Å². The summed E-state index contributed by atoms with van der Waals surface area (Å²) in [5.74, 6) is 1.08. The van der Waals surface area contributed by atoms with E-state index < -0.39 is 6.61 Å². The largest absolute Gasteiger partial charge is 0.433 e. The maximum absolute atomic E-state index is 12.7. The van der Waals surface area contributed by atoms with Crippen LogP contribution >= 0.6 is 11.3 Å². The van der Waals surface area contributed by atoms with Crippen molar-refractivity contribution in [1.82, 2.24) is 10.2 Å². The molecule has 7 heteroatoms. The quantitative estimate of drug-likeness (QED) is 0.926. The number of aryl methyl sites for hydroxylation is 1. The van der Waals surface area contributed by atoms with Gasteiger partial charge in [-0.2, -0.15) is 8.78 Å². The number of nitrogens with zero attached hydrogens (tertiary/aromatic N) is 1. The third kappa shape index (κ3) is 3.25. The Morgan fingerprint density at radius 2 is 2.00 bits per heavy atom. The number of thiophene rings is 1. The van der Waals surface area contributed by atoms with Gasteiger partial charge in [-0.15, -0.1) is 11.3 Å². The number of alkyl halides is 2. The molecule has 4 nitrogen and oxygen atoms in total. The number of amides is 1. The Morgan fingerprint density at radius 3 is 2.59 bits per heavy atom. The van der Waals surface area contributed by atoms with Crippen LogP contribution in [0.3, 0.4) is 0 Å². The maximum atomic E-state index is 12.7. The highest BCUT2D eigenvalue weighted by atomic mass is 32.1. The molecule has 1 amide bonds. The number of hydrogen-bond acceptors (Lipinski definition) is 4. The van der Waals surface area contributed by atoms with Crippen LogP contribution in [-0.4, -0.2) is 43.6 Å². The zero-order chi connectivity index (χ0) is 15.7. The molecule has 0 unspecified atom stereocenters. The first-order chi connectivity index (χ1) is 10.5. The van der Waals surface area contributed by atoms with Gasteiger partial charge >= 0.3 is 6.61 Å². The monoisotopic (exact) mass is 330 g/mol. The second-order valence-corrected chi connectivity index (χ2v) is 7.23. The zero-order valence-corrected chi connectivity index (χ0v) is 13.3. The molecule has 0 aromatic carbocycles. The number of likely N-dealkylation sites (tertiary alicyclic amines) is 1. The van der Waals surface area contributed by atoms with Crippen LogP contribution in [0, 0.1) is 18.8 Å². The predicted octanol–water partition coefficient (Wildman–Crippen LogP) is 2.73. The van der Waals surface area contributed by atoms with Gasteiger partial charge in [0.25, 0.3) is 5.91 Å². The van der Waals surface area contributed by atoms with Gasteiger partial charge < -0.3 is 15.0 Å². The molecule has 22 heavy (non-hydrogen) atoms. The van der Waals surface area contributed by atoms with Crippen LogP contribution in [0.5, 0.6) is 5.75 Å². The SMILES string of the molecule is Cc1cc(OC(F)F)c(C(=O)N2CC[C@@H]3CNC[C@@H]3CC2)s1. The van der Waals surface area contributed by atoms with Crippen LogP contribution in [0.15, 0.2) is 6.07 Å². The fourth-order valence-corrected chi connectivity index (χ4v) is 4.30. The van der Waals surface area contributed by atoms with Gasteiger partial charge in [0, 0.05) is 18.0 Å².